The Kier molecular flexibility index (Phi) is 4.19. The van der Waals surface area contributed by atoms with Gasteiger partial charge in [0.25, 0.3) is 0 Å². The lowest BCUT2D eigenvalue weighted by Gasteiger charge is -2.35. The third-order valence-electron chi connectivity index (χ3n) is 3.80. The molecule has 0 radical (unpaired) electrons. The predicted molar refractivity (Wildman–Crippen MR) is 71.3 cm³/mol. The zero-order valence-corrected chi connectivity index (χ0v) is 10.9. The van der Waals surface area contributed by atoms with E-state index >= 15 is 0 Å². The fourth-order valence-electron chi connectivity index (χ4n) is 2.30. The molecule has 17 heavy (non-hydrogen) atoms. The summed E-state index contributed by atoms with van der Waals surface area (Å²) < 4.78 is 5.42. The van der Waals surface area contributed by atoms with Crippen molar-refractivity contribution in [1.29, 1.82) is 0 Å². The maximum Gasteiger partial charge on any atom is 0.0483 e. The molecule has 0 aliphatic carbocycles. The van der Waals surface area contributed by atoms with Gasteiger partial charge in [0.1, 0.15) is 0 Å². The number of nitrogens with one attached hydrogen (secondary N) is 1. The van der Waals surface area contributed by atoms with E-state index in [1.165, 1.54) is 5.56 Å². The van der Waals surface area contributed by atoms with E-state index in [1.54, 1.807) is 0 Å². The molecule has 0 spiro atoms. The molecule has 1 aliphatic heterocycles. The molecule has 0 bridgehead atoms. The third kappa shape index (κ3) is 3.55. The van der Waals surface area contributed by atoms with Crippen molar-refractivity contribution in [1.82, 2.24) is 5.32 Å². The highest BCUT2D eigenvalue weighted by molar-refractivity contribution is 5.19. The van der Waals surface area contributed by atoms with Gasteiger partial charge in [-0.15, -0.1) is 0 Å². The number of hydrogen-bond donors (Lipinski definition) is 1. The Labute approximate surface area is 104 Å². The average molecular weight is 233 g/mol. The standard InChI is InChI=1S/C15H23NO/c1-13(14-6-4-3-5-7-14)12-16-15(2)8-10-17-11-9-15/h3-7,13,16H,8-12H2,1-2H3/t13-/m1/s1. The van der Waals surface area contributed by atoms with E-state index in [4.69, 9.17) is 4.74 Å². The van der Waals surface area contributed by atoms with Crippen molar-refractivity contribution in [2.75, 3.05) is 19.8 Å². The van der Waals surface area contributed by atoms with Gasteiger partial charge in [-0.05, 0) is 31.2 Å². The predicted octanol–water partition coefficient (Wildman–Crippen LogP) is 2.95. The molecule has 1 aromatic rings. The first-order chi connectivity index (χ1) is 8.20. The van der Waals surface area contributed by atoms with E-state index in [0.29, 0.717) is 5.92 Å². The van der Waals surface area contributed by atoms with Crippen LogP contribution in [0.1, 0.15) is 38.2 Å². The highest BCUT2D eigenvalue weighted by Gasteiger charge is 2.26. The van der Waals surface area contributed by atoms with E-state index in [9.17, 15) is 0 Å². The van der Waals surface area contributed by atoms with Crippen LogP contribution in [0.5, 0.6) is 0 Å². The SMILES string of the molecule is C[C@H](CNC1(C)CCOCC1)c1ccccc1. The normalized spacial score (nSPS) is 21.1. The summed E-state index contributed by atoms with van der Waals surface area (Å²) in [6.07, 6.45) is 2.24. The van der Waals surface area contributed by atoms with Gasteiger partial charge in [-0.1, -0.05) is 37.3 Å². The Morgan fingerprint density at radius 1 is 1.24 bits per heavy atom. The molecule has 0 unspecified atom stereocenters. The maximum atomic E-state index is 5.42. The summed E-state index contributed by atoms with van der Waals surface area (Å²) in [5, 5.41) is 3.72. The first-order valence-electron chi connectivity index (χ1n) is 6.57. The van der Waals surface area contributed by atoms with Crippen molar-refractivity contribution >= 4 is 0 Å². The number of ether oxygens (including phenoxy) is 1. The molecule has 1 N–H and O–H groups in total. The fraction of sp³-hybridized carbons (Fsp3) is 0.600. The zero-order chi connectivity index (χ0) is 12.1. The molecule has 2 nitrogen and oxygen atoms in total. The van der Waals surface area contributed by atoms with Crippen molar-refractivity contribution < 1.29 is 4.74 Å². The van der Waals surface area contributed by atoms with Crippen LogP contribution >= 0.6 is 0 Å². The van der Waals surface area contributed by atoms with Crippen LogP contribution < -0.4 is 5.32 Å². The van der Waals surface area contributed by atoms with Gasteiger partial charge in [0.15, 0.2) is 0 Å². The number of rotatable bonds is 4. The average Bonchev–Trinajstić information content (AvgIpc) is 2.38. The lowest BCUT2D eigenvalue weighted by molar-refractivity contribution is 0.0449. The summed E-state index contributed by atoms with van der Waals surface area (Å²) >= 11 is 0. The molecular formula is C15H23NO. The molecular weight excluding hydrogens is 210 g/mol. The summed E-state index contributed by atoms with van der Waals surface area (Å²) in [6.45, 7) is 7.42. The van der Waals surface area contributed by atoms with E-state index in [2.05, 4.69) is 49.5 Å². The zero-order valence-electron chi connectivity index (χ0n) is 10.9. The fourth-order valence-corrected chi connectivity index (χ4v) is 2.30. The first kappa shape index (κ1) is 12.6. The van der Waals surface area contributed by atoms with Crippen LogP contribution in [0.25, 0.3) is 0 Å². The summed E-state index contributed by atoms with van der Waals surface area (Å²) in [5.74, 6) is 0.566. The van der Waals surface area contributed by atoms with E-state index in [-0.39, 0.29) is 5.54 Å². The van der Waals surface area contributed by atoms with E-state index < -0.39 is 0 Å². The van der Waals surface area contributed by atoms with Crippen LogP contribution in [0.3, 0.4) is 0 Å². The third-order valence-corrected chi connectivity index (χ3v) is 3.80. The number of benzene rings is 1. The second kappa shape index (κ2) is 5.65. The van der Waals surface area contributed by atoms with Gasteiger partial charge >= 0.3 is 0 Å². The van der Waals surface area contributed by atoms with Crippen molar-refractivity contribution in [2.24, 2.45) is 0 Å². The summed E-state index contributed by atoms with van der Waals surface area (Å²) in [5.41, 5.74) is 1.68. The van der Waals surface area contributed by atoms with Crippen molar-refractivity contribution in [2.45, 2.75) is 38.1 Å². The molecule has 1 aliphatic rings. The molecule has 94 valence electrons. The van der Waals surface area contributed by atoms with Crippen molar-refractivity contribution in [3.05, 3.63) is 35.9 Å². The molecule has 0 aromatic heterocycles. The van der Waals surface area contributed by atoms with Crippen molar-refractivity contribution in [3.63, 3.8) is 0 Å². The molecule has 1 atom stereocenters. The Hall–Kier alpha value is -0.860. The highest BCUT2D eigenvalue weighted by atomic mass is 16.5. The minimum absolute atomic E-state index is 0.265. The Morgan fingerprint density at radius 3 is 2.53 bits per heavy atom. The van der Waals surface area contributed by atoms with E-state index in [1.807, 2.05) is 0 Å². The molecule has 2 heteroatoms. The molecule has 1 heterocycles. The monoisotopic (exact) mass is 233 g/mol. The van der Waals surface area contributed by atoms with Gasteiger partial charge < -0.3 is 10.1 Å². The van der Waals surface area contributed by atoms with Crippen LogP contribution in [0.15, 0.2) is 30.3 Å². The first-order valence-corrected chi connectivity index (χ1v) is 6.57. The van der Waals surface area contributed by atoms with Crippen LogP contribution in [-0.4, -0.2) is 25.3 Å². The van der Waals surface area contributed by atoms with E-state index in [0.717, 1.165) is 32.6 Å². The van der Waals surface area contributed by atoms with Gasteiger partial charge in [-0.2, -0.15) is 0 Å². The van der Waals surface area contributed by atoms with Crippen molar-refractivity contribution in [3.8, 4) is 0 Å². The molecule has 0 saturated carbocycles. The highest BCUT2D eigenvalue weighted by Crippen LogP contribution is 2.21. The second-order valence-corrected chi connectivity index (χ2v) is 5.37. The van der Waals surface area contributed by atoms with Gasteiger partial charge in [0, 0.05) is 25.3 Å². The minimum atomic E-state index is 0.265. The van der Waals surface area contributed by atoms with Crippen LogP contribution in [-0.2, 0) is 4.74 Å². The van der Waals surface area contributed by atoms with Crippen LogP contribution in [0, 0.1) is 0 Å². The summed E-state index contributed by atoms with van der Waals surface area (Å²) in [6, 6.07) is 10.7. The topological polar surface area (TPSA) is 21.3 Å². The van der Waals surface area contributed by atoms with Crippen LogP contribution in [0.4, 0.5) is 0 Å². The van der Waals surface area contributed by atoms with Gasteiger partial charge in [-0.3, -0.25) is 0 Å². The lowest BCUT2D eigenvalue weighted by atomic mass is 9.91. The number of hydrogen-bond acceptors (Lipinski definition) is 2. The molecule has 1 aromatic carbocycles. The Balaban J connectivity index is 1.85. The lowest BCUT2D eigenvalue weighted by Crippen LogP contribution is -2.47. The molecule has 1 fully saturated rings. The maximum absolute atomic E-state index is 5.42. The van der Waals surface area contributed by atoms with Gasteiger partial charge in [-0.25, -0.2) is 0 Å². The largest absolute Gasteiger partial charge is 0.381 e. The molecule has 1 saturated heterocycles. The van der Waals surface area contributed by atoms with Crippen LogP contribution in [0.2, 0.25) is 0 Å². The summed E-state index contributed by atoms with van der Waals surface area (Å²) in [4.78, 5) is 0. The summed E-state index contributed by atoms with van der Waals surface area (Å²) in [7, 11) is 0. The Bertz CT molecular complexity index is 330. The quantitative estimate of drug-likeness (QED) is 0.863. The smallest absolute Gasteiger partial charge is 0.0483 e. The second-order valence-electron chi connectivity index (χ2n) is 5.37. The minimum Gasteiger partial charge on any atom is -0.381 e. The Morgan fingerprint density at radius 2 is 1.88 bits per heavy atom. The van der Waals surface area contributed by atoms with Gasteiger partial charge in [0.05, 0.1) is 0 Å². The van der Waals surface area contributed by atoms with Gasteiger partial charge in [0.2, 0.25) is 0 Å². The molecule has 2 rings (SSSR count). The molecule has 0 amide bonds.